The Balaban J connectivity index is 1.68. The standard InChI is InChI=1S/C15H14N4O4/c1-8-14(21)17-11-6-9(2-4-12(11)23-8)7-16-15(22)10-3-5-13(20)19-18-10/h2-6,8H,7H2,1H3,(H,16,22)(H,17,21)(H,19,20). The van der Waals surface area contributed by atoms with Gasteiger partial charge < -0.3 is 15.4 Å². The van der Waals surface area contributed by atoms with Gasteiger partial charge in [-0.25, -0.2) is 5.10 Å². The summed E-state index contributed by atoms with van der Waals surface area (Å²) in [7, 11) is 0. The molecule has 0 aliphatic carbocycles. The van der Waals surface area contributed by atoms with Crippen LogP contribution in [0.2, 0.25) is 0 Å². The van der Waals surface area contributed by atoms with Crippen molar-refractivity contribution in [2.24, 2.45) is 0 Å². The number of nitrogens with one attached hydrogen (secondary N) is 3. The van der Waals surface area contributed by atoms with Crippen LogP contribution in [0.25, 0.3) is 0 Å². The molecule has 1 atom stereocenters. The molecule has 0 saturated carbocycles. The number of amides is 2. The fourth-order valence-corrected chi connectivity index (χ4v) is 2.11. The molecule has 1 aromatic carbocycles. The lowest BCUT2D eigenvalue weighted by molar-refractivity contribution is -0.122. The number of hydrogen-bond acceptors (Lipinski definition) is 5. The van der Waals surface area contributed by atoms with E-state index in [4.69, 9.17) is 4.74 Å². The highest BCUT2D eigenvalue weighted by Gasteiger charge is 2.23. The van der Waals surface area contributed by atoms with Gasteiger partial charge in [0.05, 0.1) is 5.69 Å². The molecular weight excluding hydrogens is 300 g/mol. The summed E-state index contributed by atoms with van der Waals surface area (Å²) in [5.74, 6) is -0.0292. The maximum atomic E-state index is 11.9. The molecule has 1 aliphatic heterocycles. The van der Waals surface area contributed by atoms with E-state index in [-0.39, 0.29) is 23.7 Å². The van der Waals surface area contributed by atoms with Crippen molar-refractivity contribution < 1.29 is 14.3 Å². The van der Waals surface area contributed by atoms with Crippen molar-refractivity contribution in [3.05, 3.63) is 51.9 Å². The number of rotatable bonds is 3. The molecule has 3 rings (SSSR count). The highest BCUT2D eigenvalue weighted by molar-refractivity contribution is 5.97. The monoisotopic (exact) mass is 314 g/mol. The Bertz CT molecular complexity index is 810. The molecule has 0 fully saturated rings. The molecular formula is C15H14N4O4. The number of fused-ring (bicyclic) bond motifs is 1. The zero-order chi connectivity index (χ0) is 16.4. The van der Waals surface area contributed by atoms with Crippen LogP contribution >= 0.6 is 0 Å². The Morgan fingerprint density at radius 1 is 1.30 bits per heavy atom. The highest BCUT2D eigenvalue weighted by atomic mass is 16.5. The van der Waals surface area contributed by atoms with Crippen molar-refractivity contribution in [3.63, 3.8) is 0 Å². The van der Waals surface area contributed by atoms with Gasteiger partial charge in [-0.1, -0.05) is 6.07 Å². The first-order valence-corrected chi connectivity index (χ1v) is 6.97. The average molecular weight is 314 g/mol. The molecule has 3 N–H and O–H groups in total. The lowest BCUT2D eigenvalue weighted by Gasteiger charge is -2.23. The zero-order valence-electron chi connectivity index (χ0n) is 12.3. The van der Waals surface area contributed by atoms with Crippen molar-refractivity contribution >= 4 is 17.5 Å². The van der Waals surface area contributed by atoms with Crippen LogP contribution in [-0.4, -0.2) is 28.1 Å². The smallest absolute Gasteiger partial charge is 0.271 e. The number of nitrogens with zero attached hydrogens (tertiary/aromatic N) is 1. The molecule has 8 heteroatoms. The van der Waals surface area contributed by atoms with Gasteiger partial charge >= 0.3 is 0 Å². The van der Waals surface area contributed by atoms with Gasteiger partial charge in [-0.3, -0.25) is 14.4 Å². The third-order valence-corrected chi connectivity index (χ3v) is 3.34. The quantitative estimate of drug-likeness (QED) is 0.760. The summed E-state index contributed by atoms with van der Waals surface area (Å²) in [4.78, 5) is 34.4. The van der Waals surface area contributed by atoms with E-state index in [9.17, 15) is 14.4 Å². The second-order valence-electron chi connectivity index (χ2n) is 5.07. The number of aromatic amines is 1. The minimum Gasteiger partial charge on any atom is -0.479 e. The van der Waals surface area contributed by atoms with Gasteiger partial charge in [-0.05, 0) is 30.7 Å². The first kappa shape index (κ1) is 14.8. The Labute approximate surface area is 130 Å². The lowest BCUT2D eigenvalue weighted by Crippen LogP contribution is -2.34. The summed E-state index contributed by atoms with van der Waals surface area (Å²) < 4.78 is 5.46. The van der Waals surface area contributed by atoms with E-state index in [1.165, 1.54) is 12.1 Å². The summed E-state index contributed by atoms with van der Waals surface area (Å²) in [6, 6.07) is 7.85. The van der Waals surface area contributed by atoms with Crippen molar-refractivity contribution in [1.82, 2.24) is 15.5 Å². The number of hydrogen-bond donors (Lipinski definition) is 3. The van der Waals surface area contributed by atoms with Gasteiger partial charge in [0, 0.05) is 12.6 Å². The predicted molar refractivity (Wildman–Crippen MR) is 81.2 cm³/mol. The van der Waals surface area contributed by atoms with Crippen LogP contribution in [0.5, 0.6) is 5.75 Å². The molecule has 23 heavy (non-hydrogen) atoms. The number of benzene rings is 1. The van der Waals surface area contributed by atoms with Gasteiger partial charge in [0.25, 0.3) is 17.4 Å². The Morgan fingerprint density at radius 3 is 2.87 bits per heavy atom. The molecule has 8 nitrogen and oxygen atoms in total. The van der Waals surface area contributed by atoms with Gasteiger partial charge in [-0.2, -0.15) is 5.10 Å². The number of carbonyl (C=O) groups is 2. The lowest BCUT2D eigenvalue weighted by atomic mass is 10.1. The third-order valence-electron chi connectivity index (χ3n) is 3.34. The maximum absolute atomic E-state index is 11.9. The molecule has 0 saturated heterocycles. The molecule has 2 amide bonds. The molecule has 118 valence electrons. The van der Waals surface area contributed by atoms with Gasteiger partial charge in [-0.15, -0.1) is 0 Å². The number of H-pyrrole nitrogens is 1. The molecule has 0 bridgehead atoms. The predicted octanol–water partition coefficient (Wildman–Crippen LogP) is 0.419. The summed E-state index contributed by atoms with van der Waals surface area (Å²) in [6.07, 6.45) is -0.528. The molecule has 0 radical (unpaired) electrons. The van der Waals surface area contributed by atoms with Crippen molar-refractivity contribution in [1.29, 1.82) is 0 Å². The van der Waals surface area contributed by atoms with E-state index in [1.807, 2.05) is 0 Å². The molecule has 1 unspecified atom stereocenters. The minimum atomic E-state index is -0.528. The minimum absolute atomic E-state index is 0.119. The summed E-state index contributed by atoms with van der Waals surface area (Å²) >= 11 is 0. The number of anilines is 1. The van der Waals surface area contributed by atoms with Crippen LogP contribution < -0.4 is 20.9 Å². The Morgan fingerprint density at radius 2 is 2.13 bits per heavy atom. The molecule has 0 spiro atoms. The van der Waals surface area contributed by atoms with Crippen LogP contribution in [0.1, 0.15) is 23.0 Å². The number of aromatic nitrogens is 2. The third kappa shape index (κ3) is 3.20. The first-order valence-electron chi connectivity index (χ1n) is 6.97. The van der Waals surface area contributed by atoms with Crippen LogP contribution in [0, 0.1) is 0 Å². The molecule has 2 heterocycles. The molecule has 2 aromatic rings. The largest absolute Gasteiger partial charge is 0.479 e. The fourth-order valence-electron chi connectivity index (χ4n) is 2.11. The Hall–Kier alpha value is -3.16. The topological polar surface area (TPSA) is 113 Å². The second-order valence-corrected chi connectivity index (χ2v) is 5.07. The van der Waals surface area contributed by atoms with Gasteiger partial charge in [0.1, 0.15) is 11.4 Å². The maximum Gasteiger partial charge on any atom is 0.271 e. The van der Waals surface area contributed by atoms with E-state index in [0.29, 0.717) is 11.4 Å². The number of ether oxygens (including phenoxy) is 1. The average Bonchev–Trinajstić information content (AvgIpc) is 2.54. The first-order chi connectivity index (χ1) is 11.0. The van der Waals surface area contributed by atoms with Crippen LogP contribution in [0.4, 0.5) is 5.69 Å². The van der Waals surface area contributed by atoms with Crippen molar-refractivity contribution in [3.8, 4) is 5.75 Å². The molecule has 1 aromatic heterocycles. The van der Waals surface area contributed by atoms with Crippen molar-refractivity contribution in [2.75, 3.05) is 5.32 Å². The van der Waals surface area contributed by atoms with E-state index >= 15 is 0 Å². The van der Waals surface area contributed by atoms with E-state index in [1.54, 1.807) is 25.1 Å². The fraction of sp³-hybridized carbons (Fsp3) is 0.200. The second kappa shape index (κ2) is 5.91. The summed E-state index contributed by atoms with van der Waals surface area (Å²) in [5, 5.41) is 11.3. The SMILES string of the molecule is CC1Oc2ccc(CNC(=O)c3ccc(=O)[nH]n3)cc2NC1=O. The highest BCUT2D eigenvalue weighted by Crippen LogP contribution is 2.30. The van der Waals surface area contributed by atoms with Crippen LogP contribution in [0.3, 0.4) is 0 Å². The summed E-state index contributed by atoms with van der Waals surface area (Å²) in [5.41, 5.74) is 1.11. The van der Waals surface area contributed by atoms with Gasteiger partial charge in [0.2, 0.25) is 0 Å². The molecule has 1 aliphatic rings. The number of carbonyl (C=O) groups excluding carboxylic acids is 2. The van der Waals surface area contributed by atoms with E-state index in [2.05, 4.69) is 20.8 Å². The zero-order valence-corrected chi connectivity index (χ0v) is 12.3. The van der Waals surface area contributed by atoms with E-state index in [0.717, 1.165) is 5.56 Å². The summed E-state index contributed by atoms with van der Waals surface area (Å²) in [6.45, 7) is 1.92. The van der Waals surface area contributed by atoms with Crippen LogP contribution in [0.15, 0.2) is 35.1 Å². The van der Waals surface area contributed by atoms with Crippen molar-refractivity contribution in [2.45, 2.75) is 19.6 Å². The Kier molecular flexibility index (Phi) is 3.80. The van der Waals surface area contributed by atoms with E-state index < -0.39 is 12.0 Å². The van der Waals surface area contributed by atoms with Gasteiger partial charge in [0.15, 0.2) is 6.10 Å². The normalized spacial score (nSPS) is 16.0. The van der Waals surface area contributed by atoms with Crippen LogP contribution in [-0.2, 0) is 11.3 Å².